The lowest BCUT2D eigenvalue weighted by atomic mass is 10.2. The zero-order chi connectivity index (χ0) is 20.4. The highest BCUT2D eigenvalue weighted by atomic mass is 32.1. The first-order valence-electron chi connectivity index (χ1n) is 9.09. The SMILES string of the molecule is CCCCCCOc1cccc(NC(=S)NC(=O)c2ccc([N+](=O)[O-])cc2)c1. The van der Waals surface area contributed by atoms with Gasteiger partial charge in [-0.15, -0.1) is 0 Å². The van der Waals surface area contributed by atoms with E-state index in [0.29, 0.717) is 12.3 Å². The van der Waals surface area contributed by atoms with Crippen molar-refractivity contribution in [1.29, 1.82) is 0 Å². The fourth-order valence-electron chi connectivity index (χ4n) is 2.45. The van der Waals surface area contributed by atoms with Crippen LogP contribution in [0.5, 0.6) is 5.75 Å². The Morgan fingerprint density at radius 2 is 1.89 bits per heavy atom. The minimum absolute atomic E-state index is 0.0799. The Balaban J connectivity index is 1.85. The molecule has 2 rings (SSSR count). The molecule has 0 saturated heterocycles. The van der Waals surface area contributed by atoms with Gasteiger partial charge in [-0.25, -0.2) is 0 Å². The topological polar surface area (TPSA) is 93.5 Å². The number of benzene rings is 2. The van der Waals surface area contributed by atoms with Gasteiger partial charge in [-0.05, 0) is 42.9 Å². The van der Waals surface area contributed by atoms with Crippen molar-refractivity contribution < 1.29 is 14.5 Å². The van der Waals surface area contributed by atoms with Crippen LogP contribution in [0, 0.1) is 10.1 Å². The van der Waals surface area contributed by atoms with Gasteiger partial charge in [0.1, 0.15) is 5.75 Å². The Bertz CT molecular complexity index is 824. The summed E-state index contributed by atoms with van der Waals surface area (Å²) in [6, 6.07) is 12.6. The van der Waals surface area contributed by atoms with Crippen molar-refractivity contribution in [2.24, 2.45) is 0 Å². The fourth-order valence-corrected chi connectivity index (χ4v) is 2.67. The quantitative estimate of drug-likeness (QED) is 0.274. The smallest absolute Gasteiger partial charge is 0.269 e. The molecule has 0 radical (unpaired) electrons. The Morgan fingerprint density at radius 1 is 1.14 bits per heavy atom. The average molecular weight is 401 g/mol. The molecule has 1 amide bonds. The van der Waals surface area contributed by atoms with E-state index in [-0.39, 0.29) is 16.4 Å². The number of nitro groups is 1. The molecule has 0 aliphatic rings. The Morgan fingerprint density at radius 3 is 2.57 bits per heavy atom. The third-order valence-corrected chi connectivity index (χ3v) is 4.13. The molecule has 2 N–H and O–H groups in total. The molecular formula is C20H23N3O4S. The highest BCUT2D eigenvalue weighted by Crippen LogP contribution is 2.18. The summed E-state index contributed by atoms with van der Waals surface area (Å²) in [6.07, 6.45) is 4.54. The van der Waals surface area contributed by atoms with Crippen molar-refractivity contribution in [2.45, 2.75) is 32.6 Å². The molecule has 0 aromatic heterocycles. The van der Waals surface area contributed by atoms with Gasteiger partial charge in [-0.3, -0.25) is 20.2 Å². The molecule has 2 aromatic rings. The maximum atomic E-state index is 12.2. The summed E-state index contributed by atoms with van der Waals surface area (Å²) in [5, 5.41) is 16.3. The minimum atomic E-state index is -0.521. The predicted molar refractivity (Wildman–Crippen MR) is 113 cm³/mol. The molecule has 7 nitrogen and oxygen atoms in total. The van der Waals surface area contributed by atoms with E-state index in [1.165, 1.54) is 37.1 Å². The molecule has 0 fully saturated rings. The number of carbonyl (C=O) groups excluding carboxylic acids is 1. The molecule has 148 valence electrons. The lowest BCUT2D eigenvalue weighted by molar-refractivity contribution is -0.384. The van der Waals surface area contributed by atoms with Crippen molar-refractivity contribution in [3.05, 3.63) is 64.2 Å². The van der Waals surface area contributed by atoms with E-state index >= 15 is 0 Å². The van der Waals surface area contributed by atoms with E-state index in [1.807, 2.05) is 24.3 Å². The summed E-state index contributed by atoms with van der Waals surface area (Å²) in [6.45, 7) is 2.82. The summed E-state index contributed by atoms with van der Waals surface area (Å²) in [7, 11) is 0. The third-order valence-electron chi connectivity index (χ3n) is 3.93. The van der Waals surface area contributed by atoms with E-state index in [4.69, 9.17) is 17.0 Å². The maximum absolute atomic E-state index is 12.2. The van der Waals surface area contributed by atoms with E-state index < -0.39 is 10.8 Å². The number of hydrogen-bond acceptors (Lipinski definition) is 5. The number of nitro benzene ring substituents is 1. The van der Waals surface area contributed by atoms with Crippen molar-refractivity contribution in [2.75, 3.05) is 11.9 Å². The molecular weight excluding hydrogens is 378 g/mol. The van der Waals surface area contributed by atoms with Crippen LogP contribution in [0.15, 0.2) is 48.5 Å². The van der Waals surface area contributed by atoms with Crippen LogP contribution in [-0.2, 0) is 0 Å². The Kier molecular flexibility index (Phi) is 8.36. The number of nitrogens with one attached hydrogen (secondary N) is 2. The standard InChI is InChI=1S/C20H23N3O4S/c1-2-3-4-5-13-27-18-8-6-7-16(14-18)21-20(28)22-19(24)15-9-11-17(12-10-15)23(25)26/h6-12,14H,2-5,13H2,1H3,(H2,21,22,24,28). The summed E-state index contributed by atoms with van der Waals surface area (Å²) in [5.74, 6) is 0.279. The normalized spacial score (nSPS) is 10.2. The van der Waals surface area contributed by atoms with Gasteiger partial charge >= 0.3 is 0 Å². The second-order valence-corrected chi connectivity index (χ2v) is 6.56. The Labute approximate surface area is 169 Å². The third kappa shape index (κ3) is 6.96. The van der Waals surface area contributed by atoms with Crippen LogP contribution in [0.3, 0.4) is 0 Å². The number of thiocarbonyl (C=S) groups is 1. The number of carbonyl (C=O) groups is 1. The fraction of sp³-hybridized carbons (Fsp3) is 0.300. The average Bonchev–Trinajstić information content (AvgIpc) is 2.68. The molecule has 28 heavy (non-hydrogen) atoms. The van der Waals surface area contributed by atoms with Gasteiger partial charge in [-0.1, -0.05) is 32.3 Å². The van der Waals surface area contributed by atoms with Crippen LogP contribution >= 0.6 is 12.2 Å². The summed E-state index contributed by atoms with van der Waals surface area (Å²) in [4.78, 5) is 22.3. The van der Waals surface area contributed by atoms with Crippen LogP contribution < -0.4 is 15.4 Å². The van der Waals surface area contributed by atoms with Crippen molar-refractivity contribution in [1.82, 2.24) is 5.32 Å². The van der Waals surface area contributed by atoms with Crippen LogP contribution in [0.2, 0.25) is 0 Å². The van der Waals surface area contributed by atoms with Crippen molar-refractivity contribution in [3.8, 4) is 5.75 Å². The van der Waals surface area contributed by atoms with Crippen molar-refractivity contribution in [3.63, 3.8) is 0 Å². The monoisotopic (exact) mass is 401 g/mol. The van der Waals surface area contributed by atoms with E-state index in [9.17, 15) is 14.9 Å². The molecule has 0 unspecified atom stereocenters. The minimum Gasteiger partial charge on any atom is -0.494 e. The van der Waals surface area contributed by atoms with Gasteiger partial charge in [0.05, 0.1) is 11.5 Å². The molecule has 0 atom stereocenters. The number of hydrogen-bond donors (Lipinski definition) is 2. The van der Waals surface area contributed by atoms with Crippen LogP contribution in [0.1, 0.15) is 43.0 Å². The van der Waals surface area contributed by atoms with E-state index in [1.54, 1.807) is 0 Å². The van der Waals surface area contributed by atoms with Gasteiger partial charge in [0.25, 0.3) is 11.6 Å². The molecule has 0 aliphatic heterocycles. The molecule has 8 heteroatoms. The largest absolute Gasteiger partial charge is 0.494 e. The number of ether oxygens (including phenoxy) is 1. The van der Waals surface area contributed by atoms with E-state index in [0.717, 1.165) is 18.6 Å². The lowest BCUT2D eigenvalue weighted by Gasteiger charge is -2.11. The number of rotatable bonds is 9. The molecule has 0 spiro atoms. The first-order chi connectivity index (χ1) is 13.5. The van der Waals surface area contributed by atoms with Crippen molar-refractivity contribution >= 4 is 34.6 Å². The maximum Gasteiger partial charge on any atom is 0.269 e. The second kappa shape index (κ2) is 11.0. The number of anilines is 1. The highest BCUT2D eigenvalue weighted by molar-refractivity contribution is 7.80. The number of unbranched alkanes of at least 4 members (excludes halogenated alkanes) is 3. The molecule has 0 aliphatic carbocycles. The molecule has 0 bridgehead atoms. The number of amides is 1. The lowest BCUT2D eigenvalue weighted by Crippen LogP contribution is -2.34. The van der Waals surface area contributed by atoms with Crippen LogP contribution in [0.4, 0.5) is 11.4 Å². The van der Waals surface area contributed by atoms with E-state index in [2.05, 4.69) is 17.6 Å². The summed E-state index contributed by atoms with van der Waals surface area (Å²) < 4.78 is 5.73. The Hall–Kier alpha value is -3.00. The van der Waals surface area contributed by atoms with Gasteiger partial charge in [-0.2, -0.15) is 0 Å². The molecule has 0 heterocycles. The van der Waals surface area contributed by atoms with Gasteiger partial charge < -0.3 is 10.1 Å². The highest BCUT2D eigenvalue weighted by Gasteiger charge is 2.11. The first-order valence-corrected chi connectivity index (χ1v) is 9.50. The van der Waals surface area contributed by atoms with Crippen LogP contribution in [0.25, 0.3) is 0 Å². The predicted octanol–water partition coefficient (Wildman–Crippen LogP) is 4.68. The summed E-state index contributed by atoms with van der Waals surface area (Å²) in [5.41, 5.74) is 0.891. The zero-order valence-corrected chi connectivity index (χ0v) is 16.5. The molecule has 0 saturated carbocycles. The zero-order valence-electron chi connectivity index (χ0n) is 15.6. The molecule has 2 aromatic carbocycles. The first kappa shape index (κ1) is 21.3. The number of nitrogens with zero attached hydrogens (tertiary/aromatic N) is 1. The van der Waals surface area contributed by atoms with Crippen LogP contribution in [-0.4, -0.2) is 22.5 Å². The summed E-state index contributed by atoms with van der Waals surface area (Å²) >= 11 is 5.17. The number of non-ortho nitro benzene ring substituents is 1. The second-order valence-electron chi connectivity index (χ2n) is 6.15. The van der Waals surface area contributed by atoms with Gasteiger partial charge in [0, 0.05) is 29.4 Å². The van der Waals surface area contributed by atoms with Gasteiger partial charge in [0.15, 0.2) is 5.11 Å². The van der Waals surface area contributed by atoms with Gasteiger partial charge in [0.2, 0.25) is 0 Å².